The first-order chi connectivity index (χ1) is 4.51. The van der Waals surface area contributed by atoms with Crippen LogP contribution in [0, 0.1) is 5.92 Å². The largest absolute Gasteiger partial charge is 0.277 e. The fourth-order valence-electron chi connectivity index (χ4n) is 0.675. The Balaban J connectivity index is 2.78. The Morgan fingerprint density at radius 1 is 1.50 bits per heavy atom. The Kier molecular flexibility index (Phi) is 1.85. The van der Waals surface area contributed by atoms with E-state index in [1.54, 1.807) is 6.08 Å². The number of nitrogens with zero attached hydrogens (tertiary/aromatic N) is 1. The second kappa shape index (κ2) is 2.38. The summed E-state index contributed by atoms with van der Waals surface area (Å²) in [5, 5.41) is 1.35. The molecular weight excluding hydrogens is 150 g/mol. The number of hydrogen-bond acceptors (Lipinski definition) is 3. The molecule has 0 spiro atoms. The van der Waals surface area contributed by atoms with E-state index in [2.05, 4.69) is 4.40 Å². The summed E-state index contributed by atoms with van der Waals surface area (Å²) in [5.74, 6) is 0.268. The van der Waals surface area contributed by atoms with E-state index in [-0.39, 0.29) is 5.92 Å². The van der Waals surface area contributed by atoms with E-state index in [1.807, 2.05) is 13.8 Å². The second-order valence-corrected chi connectivity index (χ2v) is 4.11. The van der Waals surface area contributed by atoms with Gasteiger partial charge in [-0.2, -0.15) is 4.40 Å². The SMILES string of the molecule is CC(C)C1=NS(O)(O)C=C1. The van der Waals surface area contributed by atoms with Gasteiger partial charge in [0.05, 0.1) is 5.71 Å². The van der Waals surface area contributed by atoms with E-state index >= 15 is 0 Å². The lowest BCUT2D eigenvalue weighted by molar-refractivity contribution is 0.502. The molecule has 0 saturated carbocycles. The first kappa shape index (κ1) is 7.78. The van der Waals surface area contributed by atoms with Crippen LogP contribution in [0.15, 0.2) is 15.9 Å². The number of hydrogen-bond donors (Lipinski definition) is 2. The molecule has 0 atom stereocenters. The first-order valence-electron chi connectivity index (χ1n) is 3.07. The Labute approximate surface area is 62.0 Å². The zero-order valence-electron chi connectivity index (χ0n) is 5.98. The van der Waals surface area contributed by atoms with Crippen molar-refractivity contribution in [1.29, 1.82) is 0 Å². The van der Waals surface area contributed by atoms with E-state index in [0.29, 0.717) is 0 Å². The summed E-state index contributed by atoms with van der Waals surface area (Å²) >= 11 is 0. The molecule has 1 aliphatic rings. The number of rotatable bonds is 1. The lowest BCUT2D eigenvalue weighted by atomic mass is 10.1. The van der Waals surface area contributed by atoms with Crippen molar-refractivity contribution < 1.29 is 9.11 Å². The van der Waals surface area contributed by atoms with E-state index in [9.17, 15) is 0 Å². The Morgan fingerprint density at radius 2 is 2.10 bits per heavy atom. The monoisotopic (exact) mass is 161 g/mol. The van der Waals surface area contributed by atoms with Gasteiger partial charge < -0.3 is 0 Å². The third-order valence-corrected chi connectivity index (χ3v) is 2.23. The summed E-state index contributed by atoms with van der Waals surface area (Å²) in [4.78, 5) is 0. The van der Waals surface area contributed by atoms with E-state index in [0.717, 1.165) is 5.71 Å². The normalized spacial score (nSPS) is 25.1. The summed E-state index contributed by atoms with van der Waals surface area (Å²) in [5.41, 5.74) is 0.764. The summed E-state index contributed by atoms with van der Waals surface area (Å²) in [6.45, 7) is 3.92. The molecule has 4 heteroatoms. The van der Waals surface area contributed by atoms with Crippen LogP contribution in [0.1, 0.15) is 13.8 Å². The molecule has 2 N–H and O–H groups in total. The molecule has 0 bridgehead atoms. The maximum absolute atomic E-state index is 8.98. The van der Waals surface area contributed by atoms with Gasteiger partial charge in [0.2, 0.25) is 0 Å². The Hall–Kier alpha value is -0.320. The fourth-order valence-corrected chi connectivity index (χ4v) is 1.64. The average molecular weight is 161 g/mol. The highest BCUT2D eigenvalue weighted by Gasteiger charge is 2.15. The molecule has 0 unspecified atom stereocenters. The number of allylic oxidation sites excluding steroid dienone is 1. The molecule has 1 rings (SSSR count). The van der Waals surface area contributed by atoms with E-state index < -0.39 is 10.8 Å². The predicted octanol–water partition coefficient (Wildman–Crippen LogP) is 2.28. The zero-order chi connectivity index (χ0) is 7.78. The summed E-state index contributed by atoms with van der Waals surface area (Å²) < 4.78 is 21.7. The van der Waals surface area contributed by atoms with Crippen LogP contribution in [-0.4, -0.2) is 14.8 Å². The van der Waals surface area contributed by atoms with Gasteiger partial charge in [0, 0.05) is 5.41 Å². The van der Waals surface area contributed by atoms with Crippen LogP contribution in [-0.2, 0) is 0 Å². The molecule has 0 aromatic carbocycles. The van der Waals surface area contributed by atoms with Crippen LogP contribution in [0.5, 0.6) is 0 Å². The average Bonchev–Trinajstić information content (AvgIpc) is 2.10. The summed E-state index contributed by atoms with van der Waals surface area (Å²) in [6, 6.07) is 0. The second-order valence-electron chi connectivity index (χ2n) is 2.53. The Bertz CT molecular complexity index is 196. The molecule has 1 heterocycles. The molecule has 0 aromatic heterocycles. The standard InChI is InChI=1S/C6H11NO2S/c1-5(2)6-3-4-10(8,9)7-6/h3-5,8-9H,1-2H3. The van der Waals surface area contributed by atoms with Crippen LogP contribution in [0.2, 0.25) is 0 Å². The van der Waals surface area contributed by atoms with Crippen molar-refractivity contribution in [3.05, 3.63) is 11.5 Å². The van der Waals surface area contributed by atoms with Gasteiger partial charge >= 0.3 is 0 Å². The summed E-state index contributed by atoms with van der Waals surface area (Å²) in [6.07, 6.45) is 1.67. The predicted molar refractivity (Wildman–Crippen MR) is 44.3 cm³/mol. The molecular formula is C6H11NO2S. The third-order valence-electron chi connectivity index (χ3n) is 1.25. The van der Waals surface area contributed by atoms with E-state index in [4.69, 9.17) is 9.11 Å². The van der Waals surface area contributed by atoms with Gasteiger partial charge in [-0.05, 0) is 12.0 Å². The molecule has 0 aliphatic carbocycles. The van der Waals surface area contributed by atoms with Gasteiger partial charge in [-0.25, -0.2) is 0 Å². The molecule has 0 fully saturated rings. The first-order valence-corrected chi connectivity index (χ1v) is 4.64. The quantitative estimate of drug-likeness (QED) is 0.619. The van der Waals surface area contributed by atoms with Gasteiger partial charge in [-0.3, -0.25) is 9.11 Å². The zero-order valence-corrected chi connectivity index (χ0v) is 6.80. The molecule has 0 amide bonds. The third kappa shape index (κ3) is 1.59. The van der Waals surface area contributed by atoms with Crippen LogP contribution < -0.4 is 0 Å². The van der Waals surface area contributed by atoms with Gasteiger partial charge in [0.15, 0.2) is 0 Å². The smallest absolute Gasteiger partial charge is 0.0643 e. The van der Waals surface area contributed by atoms with Crippen molar-refractivity contribution in [2.45, 2.75) is 13.8 Å². The van der Waals surface area contributed by atoms with Crippen LogP contribution >= 0.6 is 10.8 Å². The van der Waals surface area contributed by atoms with Gasteiger partial charge in [0.25, 0.3) is 0 Å². The highest BCUT2D eigenvalue weighted by atomic mass is 32.3. The van der Waals surface area contributed by atoms with Crippen molar-refractivity contribution in [2.24, 2.45) is 10.3 Å². The van der Waals surface area contributed by atoms with Crippen LogP contribution in [0.3, 0.4) is 0 Å². The van der Waals surface area contributed by atoms with Crippen molar-refractivity contribution in [3.8, 4) is 0 Å². The molecule has 3 nitrogen and oxygen atoms in total. The lowest BCUT2D eigenvalue weighted by Gasteiger charge is -2.18. The molecule has 58 valence electrons. The Morgan fingerprint density at radius 3 is 2.30 bits per heavy atom. The van der Waals surface area contributed by atoms with Crippen molar-refractivity contribution in [3.63, 3.8) is 0 Å². The van der Waals surface area contributed by atoms with Crippen LogP contribution in [0.4, 0.5) is 0 Å². The lowest BCUT2D eigenvalue weighted by Crippen LogP contribution is -2.00. The van der Waals surface area contributed by atoms with Gasteiger partial charge in [0.1, 0.15) is 0 Å². The van der Waals surface area contributed by atoms with Crippen molar-refractivity contribution in [1.82, 2.24) is 0 Å². The minimum Gasteiger partial charge on any atom is -0.277 e. The molecule has 0 radical (unpaired) electrons. The fraction of sp³-hybridized carbons (Fsp3) is 0.500. The molecule has 0 saturated heterocycles. The topological polar surface area (TPSA) is 52.8 Å². The minimum atomic E-state index is -2.73. The van der Waals surface area contributed by atoms with Crippen LogP contribution in [0.25, 0.3) is 0 Å². The van der Waals surface area contributed by atoms with Gasteiger partial charge in [-0.1, -0.05) is 24.6 Å². The highest BCUT2D eigenvalue weighted by molar-refractivity contribution is 8.26. The van der Waals surface area contributed by atoms with Crippen molar-refractivity contribution in [2.75, 3.05) is 0 Å². The molecule has 0 aromatic rings. The molecule has 1 aliphatic heterocycles. The summed E-state index contributed by atoms with van der Waals surface area (Å²) in [7, 11) is -2.73. The van der Waals surface area contributed by atoms with Crippen molar-refractivity contribution >= 4 is 16.5 Å². The molecule has 10 heavy (non-hydrogen) atoms. The maximum Gasteiger partial charge on any atom is 0.0643 e. The highest BCUT2D eigenvalue weighted by Crippen LogP contribution is 2.46. The minimum absolute atomic E-state index is 0.268. The maximum atomic E-state index is 8.98. The van der Waals surface area contributed by atoms with Gasteiger partial charge in [-0.15, -0.1) is 0 Å². The van der Waals surface area contributed by atoms with E-state index in [1.165, 1.54) is 5.41 Å².